The maximum Gasteiger partial charge on any atom is 0.288 e. The number of nitro benzene ring substituents is 1. The molecule has 0 aromatic heterocycles. The number of nitrogens with zero attached hydrogens (tertiary/aromatic N) is 3. The molecule has 1 rings (SSSR count). The van der Waals surface area contributed by atoms with E-state index in [4.69, 9.17) is 11.6 Å². The average molecular weight is 268 g/mol. The maximum atomic E-state index is 10.8. The second-order valence-electron chi connectivity index (χ2n) is 4.50. The number of nitro groups is 1. The normalized spacial score (nSPS) is 14.0. The Morgan fingerprint density at radius 1 is 1.56 bits per heavy atom. The Balaban J connectivity index is 3.10. The third kappa shape index (κ3) is 2.97. The highest BCUT2D eigenvalue weighted by atomic mass is 35.5. The first-order chi connectivity index (χ1) is 8.30. The summed E-state index contributed by atoms with van der Waals surface area (Å²) in [6.07, 6.45) is 0.397. The largest absolute Gasteiger partial charge is 0.292 e. The minimum absolute atomic E-state index is 0.104. The first-order valence-corrected chi connectivity index (χ1v) is 5.69. The van der Waals surface area contributed by atoms with E-state index in [1.54, 1.807) is 32.0 Å². The van der Waals surface area contributed by atoms with Crippen molar-refractivity contribution in [2.45, 2.75) is 18.9 Å². The number of likely N-dealkylation sites (N-methyl/N-ethyl adjacent to an activating group) is 1. The third-order valence-electron chi connectivity index (χ3n) is 2.98. The monoisotopic (exact) mass is 267 g/mol. The number of halogens is 1. The van der Waals surface area contributed by atoms with Crippen LogP contribution in [0.2, 0.25) is 5.02 Å². The van der Waals surface area contributed by atoms with Gasteiger partial charge in [0.25, 0.3) is 5.69 Å². The first-order valence-electron chi connectivity index (χ1n) is 5.31. The van der Waals surface area contributed by atoms with Gasteiger partial charge in [0.15, 0.2) is 0 Å². The number of hydrogen-bond donors (Lipinski definition) is 0. The molecular weight excluding hydrogens is 254 g/mol. The summed E-state index contributed by atoms with van der Waals surface area (Å²) >= 11 is 5.74. The molecule has 18 heavy (non-hydrogen) atoms. The molecule has 0 N–H and O–H groups in total. The Hall–Kier alpha value is -1.64. The van der Waals surface area contributed by atoms with E-state index in [9.17, 15) is 15.4 Å². The summed E-state index contributed by atoms with van der Waals surface area (Å²) in [7, 11) is 3.60. The van der Waals surface area contributed by atoms with Crippen molar-refractivity contribution in [2.75, 3.05) is 14.1 Å². The van der Waals surface area contributed by atoms with Crippen LogP contribution in [0.1, 0.15) is 12.5 Å². The molecule has 1 aromatic carbocycles. The molecule has 0 aliphatic heterocycles. The fourth-order valence-corrected chi connectivity index (χ4v) is 1.69. The second kappa shape index (κ2) is 5.34. The number of nitriles is 1. The van der Waals surface area contributed by atoms with E-state index in [2.05, 4.69) is 6.07 Å². The predicted molar refractivity (Wildman–Crippen MR) is 69.5 cm³/mol. The Labute approximate surface area is 111 Å². The average Bonchev–Trinajstić information content (AvgIpc) is 2.30. The third-order valence-corrected chi connectivity index (χ3v) is 3.30. The van der Waals surface area contributed by atoms with Gasteiger partial charge in [-0.25, -0.2) is 0 Å². The zero-order chi connectivity index (χ0) is 13.9. The van der Waals surface area contributed by atoms with E-state index in [0.717, 1.165) is 0 Å². The lowest BCUT2D eigenvalue weighted by atomic mass is 9.93. The molecule has 1 aromatic rings. The molecule has 0 spiro atoms. The second-order valence-corrected chi connectivity index (χ2v) is 4.91. The lowest BCUT2D eigenvalue weighted by molar-refractivity contribution is -0.384. The Morgan fingerprint density at radius 2 is 2.17 bits per heavy atom. The van der Waals surface area contributed by atoms with Gasteiger partial charge in [0, 0.05) is 12.5 Å². The summed E-state index contributed by atoms with van der Waals surface area (Å²) in [4.78, 5) is 12.1. The molecule has 0 amide bonds. The molecule has 0 fully saturated rings. The molecule has 96 valence electrons. The standard InChI is InChI=1S/C12H14ClN3O2/c1-12(8-14,15(2)3)7-9-4-5-10(13)11(6-9)16(17)18/h4-6H,7H2,1-3H3. The van der Waals surface area contributed by atoms with Crippen molar-refractivity contribution in [1.82, 2.24) is 4.90 Å². The fraction of sp³-hybridized carbons (Fsp3) is 0.417. The van der Waals surface area contributed by atoms with E-state index in [1.807, 2.05) is 0 Å². The van der Waals surface area contributed by atoms with Crippen LogP contribution in [0.4, 0.5) is 5.69 Å². The van der Waals surface area contributed by atoms with Crippen molar-refractivity contribution < 1.29 is 4.92 Å². The van der Waals surface area contributed by atoms with E-state index in [-0.39, 0.29) is 10.7 Å². The molecule has 0 aliphatic rings. The lowest BCUT2D eigenvalue weighted by Gasteiger charge is -2.29. The summed E-state index contributed by atoms with van der Waals surface area (Å²) in [6.45, 7) is 1.79. The van der Waals surface area contributed by atoms with Crippen LogP contribution < -0.4 is 0 Å². The summed E-state index contributed by atoms with van der Waals surface area (Å²) < 4.78 is 0. The van der Waals surface area contributed by atoms with Crippen LogP contribution in [0, 0.1) is 21.4 Å². The summed E-state index contributed by atoms with van der Waals surface area (Å²) in [6, 6.07) is 6.82. The van der Waals surface area contributed by atoms with Crippen LogP contribution >= 0.6 is 11.6 Å². The van der Waals surface area contributed by atoms with Gasteiger partial charge in [-0.15, -0.1) is 0 Å². The molecule has 0 saturated heterocycles. The van der Waals surface area contributed by atoms with E-state index >= 15 is 0 Å². The quantitative estimate of drug-likeness (QED) is 0.621. The highest BCUT2D eigenvalue weighted by Gasteiger charge is 2.27. The number of hydrogen-bond acceptors (Lipinski definition) is 4. The summed E-state index contributed by atoms with van der Waals surface area (Å²) in [5.74, 6) is 0. The smallest absolute Gasteiger partial charge is 0.288 e. The van der Waals surface area contributed by atoms with Crippen molar-refractivity contribution in [3.63, 3.8) is 0 Å². The van der Waals surface area contributed by atoms with Gasteiger partial charge in [0.1, 0.15) is 10.6 Å². The number of benzene rings is 1. The molecule has 0 radical (unpaired) electrons. The first kappa shape index (κ1) is 14.4. The van der Waals surface area contributed by atoms with Gasteiger partial charge in [-0.05, 0) is 32.6 Å². The molecule has 1 atom stereocenters. The molecular formula is C12H14ClN3O2. The van der Waals surface area contributed by atoms with E-state index in [1.165, 1.54) is 12.1 Å². The summed E-state index contributed by atoms with van der Waals surface area (Å²) in [5.41, 5.74) is -0.126. The highest BCUT2D eigenvalue weighted by Crippen LogP contribution is 2.27. The van der Waals surface area contributed by atoms with Crippen molar-refractivity contribution in [2.24, 2.45) is 0 Å². The molecule has 0 saturated carbocycles. The van der Waals surface area contributed by atoms with Crippen LogP contribution in [0.15, 0.2) is 18.2 Å². The molecule has 5 nitrogen and oxygen atoms in total. The highest BCUT2D eigenvalue weighted by molar-refractivity contribution is 6.32. The van der Waals surface area contributed by atoms with Gasteiger partial charge in [-0.1, -0.05) is 17.7 Å². The van der Waals surface area contributed by atoms with E-state index in [0.29, 0.717) is 12.0 Å². The maximum absolute atomic E-state index is 10.8. The zero-order valence-corrected chi connectivity index (χ0v) is 11.2. The van der Waals surface area contributed by atoms with Crippen molar-refractivity contribution >= 4 is 17.3 Å². The van der Waals surface area contributed by atoms with Crippen molar-refractivity contribution in [3.05, 3.63) is 38.9 Å². The predicted octanol–water partition coefficient (Wildman–Crippen LogP) is 2.63. The Morgan fingerprint density at radius 3 is 2.61 bits per heavy atom. The van der Waals surface area contributed by atoms with Gasteiger partial charge in [0.05, 0.1) is 11.0 Å². The fourth-order valence-electron chi connectivity index (χ4n) is 1.50. The Bertz CT molecular complexity index is 511. The molecule has 0 aliphatic carbocycles. The molecule has 0 heterocycles. The summed E-state index contributed by atoms with van der Waals surface area (Å²) in [5, 5.41) is 20.1. The van der Waals surface area contributed by atoms with Crippen LogP contribution in [0.5, 0.6) is 0 Å². The van der Waals surface area contributed by atoms with Crippen molar-refractivity contribution in [3.8, 4) is 6.07 Å². The molecule has 0 bridgehead atoms. The van der Waals surface area contributed by atoms with E-state index < -0.39 is 10.5 Å². The van der Waals surface area contributed by atoms with Crippen LogP contribution in [-0.2, 0) is 6.42 Å². The number of rotatable bonds is 4. The van der Waals surface area contributed by atoms with Crippen molar-refractivity contribution in [1.29, 1.82) is 5.26 Å². The van der Waals surface area contributed by atoms with Gasteiger partial charge in [-0.2, -0.15) is 5.26 Å². The van der Waals surface area contributed by atoms with Gasteiger partial charge in [-0.3, -0.25) is 15.0 Å². The SMILES string of the molecule is CN(C)C(C)(C#N)Cc1ccc(Cl)c([N+](=O)[O-])c1. The van der Waals surface area contributed by atoms with Crippen LogP contribution in [-0.4, -0.2) is 29.5 Å². The zero-order valence-electron chi connectivity index (χ0n) is 10.5. The van der Waals surface area contributed by atoms with Crippen LogP contribution in [0.3, 0.4) is 0 Å². The minimum Gasteiger partial charge on any atom is -0.292 e. The Kier molecular flexibility index (Phi) is 4.28. The van der Waals surface area contributed by atoms with Gasteiger partial charge < -0.3 is 0 Å². The topological polar surface area (TPSA) is 70.2 Å². The molecule has 6 heteroatoms. The van der Waals surface area contributed by atoms with Crippen LogP contribution in [0.25, 0.3) is 0 Å². The minimum atomic E-state index is -0.707. The molecule has 1 unspecified atom stereocenters. The van der Waals surface area contributed by atoms with Gasteiger partial charge >= 0.3 is 0 Å². The lowest BCUT2D eigenvalue weighted by Crippen LogP contribution is -2.41. The van der Waals surface area contributed by atoms with Gasteiger partial charge in [0.2, 0.25) is 0 Å².